The molecule has 1 rings (SSSR count). The standard InChI is InChI=1S/C10H9NO2/c1-2-8(12)10-7(6-11)4-3-5-9(10)13/h2-5,8,12-13H,1H2. The molecule has 0 aliphatic heterocycles. The van der Waals surface area contributed by atoms with Gasteiger partial charge in [0.25, 0.3) is 0 Å². The number of hydrogen-bond donors (Lipinski definition) is 2. The van der Waals surface area contributed by atoms with E-state index in [1.807, 2.05) is 6.07 Å². The van der Waals surface area contributed by atoms with Gasteiger partial charge in [-0.1, -0.05) is 12.1 Å². The van der Waals surface area contributed by atoms with Crippen molar-refractivity contribution < 1.29 is 10.2 Å². The van der Waals surface area contributed by atoms with Crippen LogP contribution in [0.15, 0.2) is 30.9 Å². The summed E-state index contributed by atoms with van der Waals surface area (Å²) in [5.41, 5.74) is 0.465. The van der Waals surface area contributed by atoms with Gasteiger partial charge in [0.2, 0.25) is 0 Å². The first kappa shape index (κ1) is 9.30. The van der Waals surface area contributed by atoms with Gasteiger partial charge in [0.05, 0.1) is 11.6 Å². The van der Waals surface area contributed by atoms with E-state index in [4.69, 9.17) is 5.26 Å². The fourth-order valence-corrected chi connectivity index (χ4v) is 1.08. The topological polar surface area (TPSA) is 64.2 Å². The zero-order valence-electron chi connectivity index (χ0n) is 6.94. The molecule has 1 aromatic carbocycles. The maximum absolute atomic E-state index is 9.39. The Morgan fingerprint density at radius 1 is 1.54 bits per heavy atom. The van der Waals surface area contributed by atoms with Crippen molar-refractivity contribution in [2.45, 2.75) is 6.10 Å². The highest BCUT2D eigenvalue weighted by Crippen LogP contribution is 2.27. The molecule has 0 aliphatic carbocycles. The van der Waals surface area contributed by atoms with Crippen LogP contribution in [0, 0.1) is 11.3 Å². The molecule has 0 aromatic heterocycles. The zero-order chi connectivity index (χ0) is 9.84. The molecular formula is C10H9NO2. The van der Waals surface area contributed by atoms with Crippen molar-refractivity contribution in [3.8, 4) is 11.8 Å². The minimum absolute atomic E-state index is 0.0912. The van der Waals surface area contributed by atoms with Crippen LogP contribution in [0.5, 0.6) is 5.75 Å². The van der Waals surface area contributed by atoms with Crippen molar-refractivity contribution in [2.24, 2.45) is 0 Å². The second-order valence-electron chi connectivity index (χ2n) is 2.53. The zero-order valence-corrected chi connectivity index (χ0v) is 6.94. The lowest BCUT2D eigenvalue weighted by atomic mass is 10.0. The quantitative estimate of drug-likeness (QED) is 0.669. The highest BCUT2D eigenvalue weighted by Gasteiger charge is 2.13. The Hall–Kier alpha value is -1.79. The Morgan fingerprint density at radius 3 is 2.77 bits per heavy atom. The summed E-state index contributed by atoms with van der Waals surface area (Å²) < 4.78 is 0. The van der Waals surface area contributed by atoms with Crippen LogP contribution in [-0.2, 0) is 0 Å². The molecule has 3 heteroatoms. The molecule has 66 valence electrons. The van der Waals surface area contributed by atoms with Crippen LogP contribution in [0.2, 0.25) is 0 Å². The van der Waals surface area contributed by atoms with Gasteiger partial charge in [-0.15, -0.1) is 6.58 Å². The summed E-state index contributed by atoms with van der Waals surface area (Å²) in [4.78, 5) is 0. The summed E-state index contributed by atoms with van der Waals surface area (Å²) in [6, 6.07) is 6.38. The van der Waals surface area contributed by atoms with Gasteiger partial charge in [-0.3, -0.25) is 0 Å². The maximum Gasteiger partial charge on any atom is 0.123 e. The van der Waals surface area contributed by atoms with Crippen LogP contribution >= 0.6 is 0 Å². The molecule has 2 N–H and O–H groups in total. The lowest BCUT2D eigenvalue weighted by molar-refractivity contribution is 0.224. The van der Waals surface area contributed by atoms with Crippen LogP contribution in [0.25, 0.3) is 0 Å². The van der Waals surface area contributed by atoms with Gasteiger partial charge in [-0.2, -0.15) is 5.26 Å². The number of hydrogen-bond acceptors (Lipinski definition) is 3. The minimum Gasteiger partial charge on any atom is -0.508 e. The van der Waals surface area contributed by atoms with E-state index in [1.165, 1.54) is 18.2 Å². The number of aliphatic hydroxyl groups excluding tert-OH is 1. The van der Waals surface area contributed by atoms with E-state index in [-0.39, 0.29) is 16.9 Å². The van der Waals surface area contributed by atoms with Gasteiger partial charge in [-0.25, -0.2) is 0 Å². The number of rotatable bonds is 2. The average molecular weight is 175 g/mol. The van der Waals surface area contributed by atoms with Crippen LogP contribution in [0.4, 0.5) is 0 Å². The van der Waals surface area contributed by atoms with Crippen molar-refractivity contribution in [3.05, 3.63) is 42.0 Å². The number of aliphatic hydroxyl groups is 1. The molecule has 0 radical (unpaired) electrons. The van der Waals surface area contributed by atoms with Crippen LogP contribution < -0.4 is 0 Å². The molecule has 0 saturated heterocycles. The second kappa shape index (κ2) is 3.74. The Labute approximate surface area is 76.2 Å². The first-order valence-corrected chi connectivity index (χ1v) is 3.73. The van der Waals surface area contributed by atoms with Crippen LogP contribution in [-0.4, -0.2) is 10.2 Å². The fourth-order valence-electron chi connectivity index (χ4n) is 1.08. The van der Waals surface area contributed by atoms with Gasteiger partial charge in [-0.05, 0) is 12.1 Å². The maximum atomic E-state index is 9.39. The van der Waals surface area contributed by atoms with E-state index >= 15 is 0 Å². The van der Waals surface area contributed by atoms with Gasteiger partial charge in [0, 0.05) is 5.56 Å². The van der Waals surface area contributed by atoms with Crippen LogP contribution in [0.3, 0.4) is 0 Å². The predicted molar refractivity (Wildman–Crippen MR) is 48.0 cm³/mol. The van der Waals surface area contributed by atoms with E-state index in [2.05, 4.69) is 6.58 Å². The molecule has 0 saturated carbocycles. The third-order valence-corrected chi connectivity index (χ3v) is 1.72. The molecule has 1 atom stereocenters. The lowest BCUT2D eigenvalue weighted by Crippen LogP contribution is -1.96. The summed E-state index contributed by atoms with van der Waals surface area (Å²) >= 11 is 0. The highest BCUT2D eigenvalue weighted by atomic mass is 16.3. The van der Waals surface area contributed by atoms with Crippen molar-refractivity contribution in [1.29, 1.82) is 5.26 Å². The largest absolute Gasteiger partial charge is 0.508 e. The third-order valence-electron chi connectivity index (χ3n) is 1.72. The molecule has 0 heterocycles. The van der Waals surface area contributed by atoms with E-state index in [9.17, 15) is 10.2 Å². The number of nitrogens with zero attached hydrogens (tertiary/aromatic N) is 1. The number of benzene rings is 1. The van der Waals surface area contributed by atoms with Crippen LogP contribution in [0.1, 0.15) is 17.2 Å². The molecule has 1 aromatic rings. The highest BCUT2D eigenvalue weighted by molar-refractivity contribution is 5.48. The molecule has 0 amide bonds. The van der Waals surface area contributed by atoms with Gasteiger partial charge in [0.1, 0.15) is 11.9 Å². The molecule has 0 spiro atoms. The Kier molecular flexibility index (Phi) is 2.68. The Morgan fingerprint density at radius 2 is 2.23 bits per heavy atom. The molecule has 0 bridgehead atoms. The van der Waals surface area contributed by atoms with E-state index in [1.54, 1.807) is 6.07 Å². The van der Waals surface area contributed by atoms with Crippen molar-refractivity contribution in [2.75, 3.05) is 0 Å². The second-order valence-corrected chi connectivity index (χ2v) is 2.53. The number of phenols is 1. The fraction of sp³-hybridized carbons (Fsp3) is 0.100. The first-order chi connectivity index (χ1) is 6.20. The molecule has 13 heavy (non-hydrogen) atoms. The van der Waals surface area contributed by atoms with Gasteiger partial charge in [0.15, 0.2) is 0 Å². The Balaban J connectivity index is 3.32. The summed E-state index contributed by atoms with van der Waals surface area (Å²) in [5.74, 6) is -0.0912. The van der Waals surface area contributed by atoms with Crippen molar-refractivity contribution >= 4 is 0 Å². The molecule has 1 unspecified atom stereocenters. The summed E-state index contributed by atoms with van der Waals surface area (Å²) in [6.45, 7) is 3.38. The SMILES string of the molecule is C=CC(O)c1c(O)cccc1C#N. The van der Waals surface area contributed by atoms with Gasteiger partial charge >= 0.3 is 0 Å². The normalized spacial score (nSPS) is 11.7. The number of aromatic hydroxyl groups is 1. The molecular weight excluding hydrogens is 166 g/mol. The number of nitriles is 1. The Bertz CT molecular complexity index is 366. The third kappa shape index (κ3) is 1.68. The van der Waals surface area contributed by atoms with E-state index < -0.39 is 6.10 Å². The van der Waals surface area contributed by atoms with E-state index in [0.717, 1.165) is 0 Å². The monoisotopic (exact) mass is 175 g/mol. The summed E-state index contributed by atoms with van der Waals surface area (Å²) in [7, 11) is 0. The number of phenolic OH excluding ortho intramolecular Hbond substituents is 1. The molecule has 0 aliphatic rings. The molecule has 0 fully saturated rings. The average Bonchev–Trinajstić information content (AvgIpc) is 2.16. The lowest BCUT2D eigenvalue weighted by Gasteiger charge is -2.09. The molecule has 3 nitrogen and oxygen atoms in total. The smallest absolute Gasteiger partial charge is 0.123 e. The van der Waals surface area contributed by atoms with Gasteiger partial charge < -0.3 is 10.2 Å². The summed E-state index contributed by atoms with van der Waals surface area (Å²) in [6.07, 6.45) is 0.256. The predicted octanol–water partition coefficient (Wildman–Crippen LogP) is 1.48. The first-order valence-electron chi connectivity index (χ1n) is 3.73. The van der Waals surface area contributed by atoms with Crippen molar-refractivity contribution in [3.63, 3.8) is 0 Å². The minimum atomic E-state index is -1.00. The van der Waals surface area contributed by atoms with Crippen molar-refractivity contribution in [1.82, 2.24) is 0 Å². The van der Waals surface area contributed by atoms with E-state index in [0.29, 0.717) is 0 Å². The summed E-state index contributed by atoms with van der Waals surface area (Å²) in [5, 5.41) is 27.4.